The molecular formula is C17H10BrNO2. The number of fused-ring (bicyclic) bond motifs is 1. The fraction of sp³-hybridized carbons (Fsp3) is 0.0588. The number of carbonyl (C=O) groups excluding carboxylic acids is 1. The van der Waals surface area contributed by atoms with Gasteiger partial charge in [-0.05, 0) is 37.3 Å². The third kappa shape index (κ3) is 2.37. The van der Waals surface area contributed by atoms with Crippen LogP contribution in [0, 0.1) is 18.3 Å². The first-order valence-corrected chi connectivity index (χ1v) is 7.13. The van der Waals surface area contributed by atoms with Crippen molar-refractivity contribution in [3.8, 4) is 6.07 Å². The van der Waals surface area contributed by atoms with Crippen LogP contribution in [-0.4, -0.2) is 5.78 Å². The van der Waals surface area contributed by atoms with E-state index < -0.39 is 0 Å². The van der Waals surface area contributed by atoms with Crippen LogP contribution in [0.4, 0.5) is 0 Å². The van der Waals surface area contributed by atoms with Gasteiger partial charge in [0.1, 0.15) is 5.58 Å². The summed E-state index contributed by atoms with van der Waals surface area (Å²) >= 11 is 3.39. The normalized spacial score (nSPS) is 10.5. The van der Waals surface area contributed by atoms with E-state index in [2.05, 4.69) is 15.9 Å². The zero-order valence-electron chi connectivity index (χ0n) is 11.2. The van der Waals surface area contributed by atoms with Crippen molar-refractivity contribution in [3.05, 3.63) is 69.4 Å². The Kier molecular flexibility index (Phi) is 3.36. The molecule has 3 aromatic rings. The highest BCUT2D eigenvalue weighted by Crippen LogP contribution is 2.29. The molecule has 0 fully saturated rings. The number of nitriles is 1. The van der Waals surface area contributed by atoms with Crippen molar-refractivity contribution in [1.82, 2.24) is 0 Å². The van der Waals surface area contributed by atoms with Gasteiger partial charge in [-0.3, -0.25) is 4.79 Å². The molecule has 4 heteroatoms. The second-order valence-corrected chi connectivity index (χ2v) is 5.63. The van der Waals surface area contributed by atoms with Crippen molar-refractivity contribution in [3.63, 3.8) is 0 Å². The minimum absolute atomic E-state index is 0.211. The van der Waals surface area contributed by atoms with Gasteiger partial charge in [-0.1, -0.05) is 28.1 Å². The monoisotopic (exact) mass is 339 g/mol. The van der Waals surface area contributed by atoms with E-state index in [0.29, 0.717) is 22.5 Å². The van der Waals surface area contributed by atoms with Crippen LogP contribution in [0.25, 0.3) is 11.0 Å². The molecular weight excluding hydrogens is 330 g/mol. The Morgan fingerprint density at radius 2 is 2.05 bits per heavy atom. The maximum Gasteiger partial charge on any atom is 0.228 e. The smallest absolute Gasteiger partial charge is 0.228 e. The maximum atomic E-state index is 12.6. The van der Waals surface area contributed by atoms with Crippen molar-refractivity contribution in [2.75, 3.05) is 0 Å². The Morgan fingerprint density at radius 3 is 2.81 bits per heavy atom. The average Bonchev–Trinajstić information content (AvgIpc) is 2.83. The zero-order chi connectivity index (χ0) is 15.0. The molecule has 3 nitrogen and oxygen atoms in total. The molecule has 1 aromatic heterocycles. The van der Waals surface area contributed by atoms with E-state index in [1.807, 2.05) is 31.2 Å². The maximum absolute atomic E-state index is 12.6. The van der Waals surface area contributed by atoms with E-state index in [9.17, 15) is 4.79 Å². The Labute approximate surface area is 129 Å². The van der Waals surface area contributed by atoms with Gasteiger partial charge in [-0.25, -0.2) is 0 Å². The minimum atomic E-state index is -0.211. The lowest BCUT2D eigenvalue weighted by Gasteiger charge is -1.99. The molecule has 102 valence electrons. The standard InChI is InChI=1S/C17H10BrNO2/c1-10-14-6-5-13(18)8-15(14)21-17(10)16(20)12-4-2-3-11(7-12)9-19/h2-8H,1H3. The SMILES string of the molecule is Cc1c(C(=O)c2cccc(C#N)c2)oc2cc(Br)ccc12. The summed E-state index contributed by atoms with van der Waals surface area (Å²) in [6, 6.07) is 14.3. The van der Waals surface area contributed by atoms with Gasteiger partial charge in [0.05, 0.1) is 11.6 Å². The van der Waals surface area contributed by atoms with Gasteiger partial charge in [0.15, 0.2) is 5.76 Å². The van der Waals surface area contributed by atoms with Gasteiger partial charge in [0, 0.05) is 21.0 Å². The summed E-state index contributed by atoms with van der Waals surface area (Å²) in [5.74, 6) is 0.107. The number of halogens is 1. The van der Waals surface area contributed by atoms with Gasteiger partial charge >= 0.3 is 0 Å². The summed E-state index contributed by atoms with van der Waals surface area (Å²) in [6.07, 6.45) is 0. The molecule has 21 heavy (non-hydrogen) atoms. The quantitative estimate of drug-likeness (QED) is 0.640. The summed E-state index contributed by atoms with van der Waals surface area (Å²) in [5.41, 5.74) is 2.39. The summed E-state index contributed by atoms with van der Waals surface area (Å²) in [7, 11) is 0. The Balaban J connectivity index is 2.13. The van der Waals surface area contributed by atoms with Crippen LogP contribution in [0.15, 0.2) is 51.4 Å². The van der Waals surface area contributed by atoms with E-state index in [0.717, 1.165) is 15.4 Å². The van der Waals surface area contributed by atoms with Crippen LogP contribution < -0.4 is 0 Å². The van der Waals surface area contributed by atoms with Crippen LogP contribution in [0.2, 0.25) is 0 Å². The molecule has 2 aromatic carbocycles. The number of ketones is 1. The first-order chi connectivity index (χ1) is 10.1. The fourth-order valence-electron chi connectivity index (χ4n) is 2.28. The second kappa shape index (κ2) is 5.19. The number of rotatable bonds is 2. The summed E-state index contributed by atoms with van der Waals surface area (Å²) < 4.78 is 6.60. The van der Waals surface area contributed by atoms with Gasteiger partial charge < -0.3 is 4.42 Å². The number of aryl methyl sites for hydroxylation is 1. The molecule has 3 rings (SSSR count). The van der Waals surface area contributed by atoms with E-state index in [4.69, 9.17) is 9.68 Å². The highest BCUT2D eigenvalue weighted by Gasteiger charge is 2.19. The Hall–Kier alpha value is -2.38. The fourth-order valence-corrected chi connectivity index (χ4v) is 2.62. The number of hydrogen-bond acceptors (Lipinski definition) is 3. The van der Waals surface area contributed by atoms with Crippen LogP contribution in [0.5, 0.6) is 0 Å². The van der Waals surface area contributed by atoms with E-state index in [1.165, 1.54) is 0 Å². The van der Waals surface area contributed by atoms with Crippen LogP contribution >= 0.6 is 15.9 Å². The van der Waals surface area contributed by atoms with Crippen molar-refractivity contribution in [2.24, 2.45) is 0 Å². The number of furan rings is 1. The van der Waals surface area contributed by atoms with E-state index in [1.54, 1.807) is 24.3 Å². The minimum Gasteiger partial charge on any atom is -0.452 e. The zero-order valence-corrected chi connectivity index (χ0v) is 12.8. The topological polar surface area (TPSA) is 54.0 Å². The summed E-state index contributed by atoms with van der Waals surface area (Å²) in [5, 5.41) is 9.84. The average molecular weight is 340 g/mol. The molecule has 0 aliphatic heterocycles. The molecule has 0 atom stereocenters. The lowest BCUT2D eigenvalue weighted by Crippen LogP contribution is -2.01. The summed E-state index contributed by atoms with van der Waals surface area (Å²) in [6.45, 7) is 1.86. The van der Waals surface area contributed by atoms with Crippen LogP contribution in [0.1, 0.15) is 27.2 Å². The molecule has 0 spiro atoms. The van der Waals surface area contributed by atoms with Crippen molar-refractivity contribution < 1.29 is 9.21 Å². The number of carbonyl (C=O) groups is 1. The second-order valence-electron chi connectivity index (χ2n) is 4.72. The van der Waals surface area contributed by atoms with Gasteiger partial charge in [0.25, 0.3) is 0 Å². The highest BCUT2D eigenvalue weighted by molar-refractivity contribution is 9.10. The first kappa shape index (κ1) is 13.6. The summed E-state index contributed by atoms with van der Waals surface area (Å²) in [4.78, 5) is 12.6. The van der Waals surface area contributed by atoms with Gasteiger partial charge in [-0.15, -0.1) is 0 Å². The largest absolute Gasteiger partial charge is 0.452 e. The van der Waals surface area contributed by atoms with Gasteiger partial charge in [-0.2, -0.15) is 5.26 Å². The molecule has 0 aliphatic carbocycles. The van der Waals surface area contributed by atoms with Crippen LogP contribution in [0.3, 0.4) is 0 Å². The molecule has 0 aliphatic rings. The molecule has 1 heterocycles. The van der Waals surface area contributed by atoms with E-state index in [-0.39, 0.29) is 5.78 Å². The predicted molar refractivity (Wildman–Crippen MR) is 83.2 cm³/mol. The van der Waals surface area contributed by atoms with Crippen molar-refractivity contribution in [1.29, 1.82) is 5.26 Å². The number of hydrogen-bond donors (Lipinski definition) is 0. The molecule has 0 N–H and O–H groups in total. The van der Waals surface area contributed by atoms with Gasteiger partial charge in [0.2, 0.25) is 5.78 Å². The lowest BCUT2D eigenvalue weighted by atomic mass is 10.0. The molecule has 0 unspecified atom stereocenters. The molecule has 0 bridgehead atoms. The predicted octanol–water partition coefficient (Wildman–Crippen LogP) is 4.61. The number of nitrogens with zero attached hydrogens (tertiary/aromatic N) is 1. The van der Waals surface area contributed by atoms with Crippen LogP contribution in [-0.2, 0) is 0 Å². The molecule has 0 radical (unpaired) electrons. The third-order valence-corrected chi connectivity index (χ3v) is 3.85. The van der Waals surface area contributed by atoms with Crippen molar-refractivity contribution in [2.45, 2.75) is 6.92 Å². The van der Waals surface area contributed by atoms with Crippen molar-refractivity contribution >= 4 is 32.7 Å². The Morgan fingerprint density at radius 1 is 1.24 bits per heavy atom. The molecule has 0 saturated heterocycles. The lowest BCUT2D eigenvalue weighted by molar-refractivity contribution is 0.101. The molecule has 0 saturated carbocycles. The molecule has 0 amide bonds. The third-order valence-electron chi connectivity index (χ3n) is 3.36. The highest BCUT2D eigenvalue weighted by atomic mass is 79.9. The van der Waals surface area contributed by atoms with E-state index >= 15 is 0 Å². The number of benzene rings is 2. The first-order valence-electron chi connectivity index (χ1n) is 6.33. The Bertz CT molecular complexity index is 903.